The average molecular weight is 407 g/mol. The molecule has 2 aromatic rings. The van der Waals surface area contributed by atoms with Crippen molar-refractivity contribution in [3.05, 3.63) is 39.1 Å². The smallest absolute Gasteiger partial charge is 0.141 e. The first kappa shape index (κ1) is 18.2. The zero-order valence-electron chi connectivity index (χ0n) is 13.4. The molecule has 1 saturated heterocycles. The van der Waals surface area contributed by atoms with Crippen molar-refractivity contribution in [3.63, 3.8) is 0 Å². The second kappa shape index (κ2) is 7.75. The Kier molecular flexibility index (Phi) is 5.88. The fourth-order valence-electron chi connectivity index (χ4n) is 2.63. The molecule has 0 amide bonds. The van der Waals surface area contributed by atoms with Gasteiger partial charge in [0.1, 0.15) is 17.0 Å². The summed E-state index contributed by atoms with van der Waals surface area (Å²) in [5.41, 5.74) is 0.957. The van der Waals surface area contributed by atoms with Crippen LogP contribution in [0.3, 0.4) is 0 Å². The number of hydrogen-bond acceptors (Lipinski definition) is 4. The molecule has 1 aliphatic heterocycles. The summed E-state index contributed by atoms with van der Waals surface area (Å²) in [6.45, 7) is 3.82. The number of hydrogen-bond donors (Lipinski definition) is 0. The number of rotatable bonds is 4. The van der Waals surface area contributed by atoms with E-state index in [9.17, 15) is 0 Å². The van der Waals surface area contributed by atoms with Crippen molar-refractivity contribution in [2.75, 3.05) is 13.1 Å². The van der Waals surface area contributed by atoms with Crippen molar-refractivity contribution in [1.82, 2.24) is 14.1 Å². The Labute approximate surface area is 161 Å². The number of benzene rings is 1. The maximum atomic E-state index is 6.30. The van der Waals surface area contributed by atoms with Crippen molar-refractivity contribution in [2.24, 2.45) is 7.05 Å². The second-order valence-corrected chi connectivity index (χ2v) is 8.05. The van der Waals surface area contributed by atoms with Gasteiger partial charge in [-0.15, -0.1) is 0 Å². The Hall–Kier alpha value is -0.590. The van der Waals surface area contributed by atoms with Crippen molar-refractivity contribution in [2.45, 2.75) is 30.8 Å². The number of ether oxygens (including phenoxy) is 1. The van der Waals surface area contributed by atoms with Crippen LogP contribution in [-0.4, -0.2) is 33.3 Å². The van der Waals surface area contributed by atoms with E-state index in [-0.39, 0.29) is 6.10 Å². The molecule has 0 aliphatic carbocycles. The van der Waals surface area contributed by atoms with E-state index in [1.54, 1.807) is 28.8 Å². The van der Waals surface area contributed by atoms with E-state index in [2.05, 4.69) is 9.40 Å². The molecule has 4 nitrogen and oxygen atoms in total. The van der Waals surface area contributed by atoms with Gasteiger partial charge in [-0.1, -0.05) is 34.8 Å². The highest BCUT2D eigenvalue weighted by atomic mass is 35.5. The van der Waals surface area contributed by atoms with E-state index in [1.165, 1.54) is 0 Å². The quantitative estimate of drug-likeness (QED) is 0.650. The van der Waals surface area contributed by atoms with Crippen LogP contribution in [0, 0.1) is 6.92 Å². The van der Waals surface area contributed by atoms with Gasteiger partial charge in [0.2, 0.25) is 0 Å². The second-order valence-electron chi connectivity index (χ2n) is 5.74. The van der Waals surface area contributed by atoms with Crippen LogP contribution in [0.4, 0.5) is 0 Å². The van der Waals surface area contributed by atoms with Crippen molar-refractivity contribution >= 4 is 46.8 Å². The van der Waals surface area contributed by atoms with Crippen LogP contribution in [0.2, 0.25) is 15.2 Å². The molecule has 1 aliphatic rings. The molecule has 0 N–H and O–H groups in total. The third-order valence-electron chi connectivity index (χ3n) is 3.91. The standard InChI is InChI=1S/C16H18Cl3N3OS/c1-10-15(16(19)21(2)20-10)24-22-7-5-12(6-8-22)23-14-4-3-11(17)9-13(14)18/h3-4,9,12H,5-8H2,1-2H3. The van der Waals surface area contributed by atoms with Crippen LogP contribution in [0.25, 0.3) is 0 Å². The molecule has 130 valence electrons. The first-order valence-electron chi connectivity index (χ1n) is 7.67. The van der Waals surface area contributed by atoms with Gasteiger partial charge >= 0.3 is 0 Å². The molecule has 0 radical (unpaired) electrons. The van der Waals surface area contributed by atoms with Crippen LogP contribution >= 0.6 is 46.8 Å². The zero-order valence-corrected chi connectivity index (χ0v) is 16.5. The number of aromatic nitrogens is 2. The van der Waals surface area contributed by atoms with E-state index >= 15 is 0 Å². The minimum atomic E-state index is 0.158. The Morgan fingerprint density at radius 2 is 1.92 bits per heavy atom. The molecule has 24 heavy (non-hydrogen) atoms. The molecule has 0 saturated carbocycles. The first-order valence-corrected chi connectivity index (χ1v) is 9.58. The van der Waals surface area contributed by atoms with E-state index < -0.39 is 0 Å². The lowest BCUT2D eigenvalue weighted by Crippen LogP contribution is -2.34. The van der Waals surface area contributed by atoms with Crippen LogP contribution in [0.15, 0.2) is 23.1 Å². The largest absolute Gasteiger partial charge is 0.489 e. The van der Waals surface area contributed by atoms with Gasteiger partial charge in [0.25, 0.3) is 0 Å². The Morgan fingerprint density at radius 1 is 1.21 bits per heavy atom. The van der Waals surface area contributed by atoms with Gasteiger partial charge in [0, 0.05) is 25.2 Å². The molecular weight excluding hydrogens is 389 g/mol. The van der Waals surface area contributed by atoms with Crippen LogP contribution < -0.4 is 4.74 Å². The summed E-state index contributed by atoms with van der Waals surface area (Å²) < 4.78 is 10.0. The summed E-state index contributed by atoms with van der Waals surface area (Å²) in [4.78, 5) is 1.03. The lowest BCUT2D eigenvalue weighted by atomic mass is 10.1. The maximum absolute atomic E-state index is 6.30. The normalized spacial score (nSPS) is 16.5. The first-order chi connectivity index (χ1) is 11.4. The number of piperidine rings is 1. The van der Waals surface area contributed by atoms with E-state index in [1.807, 2.05) is 20.0 Å². The molecule has 1 fully saturated rings. The third-order valence-corrected chi connectivity index (χ3v) is 6.28. The van der Waals surface area contributed by atoms with E-state index in [4.69, 9.17) is 39.5 Å². The highest BCUT2D eigenvalue weighted by molar-refractivity contribution is 7.97. The van der Waals surface area contributed by atoms with Crippen LogP contribution in [0.5, 0.6) is 5.75 Å². The number of nitrogens with zero attached hydrogens (tertiary/aromatic N) is 3. The SMILES string of the molecule is Cc1nn(C)c(Cl)c1SN1CCC(Oc2ccc(Cl)cc2Cl)CC1. The Balaban J connectivity index is 1.56. The van der Waals surface area contributed by atoms with E-state index in [0.29, 0.717) is 20.9 Å². The van der Waals surface area contributed by atoms with Gasteiger partial charge in [0.15, 0.2) is 0 Å². The molecule has 3 rings (SSSR count). The topological polar surface area (TPSA) is 30.3 Å². The molecular formula is C16H18Cl3N3OS. The van der Waals surface area contributed by atoms with Gasteiger partial charge in [-0.05, 0) is 49.9 Å². The van der Waals surface area contributed by atoms with Crippen molar-refractivity contribution in [1.29, 1.82) is 0 Å². The fourth-order valence-corrected chi connectivity index (χ4v) is 4.40. The fraction of sp³-hybridized carbons (Fsp3) is 0.438. The molecule has 0 bridgehead atoms. The molecule has 1 aromatic carbocycles. The molecule has 2 heterocycles. The highest BCUT2D eigenvalue weighted by Crippen LogP contribution is 2.35. The molecule has 0 spiro atoms. The van der Waals surface area contributed by atoms with Gasteiger partial charge < -0.3 is 4.74 Å². The summed E-state index contributed by atoms with van der Waals surface area (Å²) >= 11 is 20.1. The zero-order chi connectivity index (χ0) is 17.3. The molecule has 0 unspecified atom stereocenters. The Bertz CT molecular complexity index is 730. The number of halogens is 3. The van der Waals surface area contributed by atoms with E-state index in [0.717, 1.165) is 36.5 Å². The van der Waals surface area contributed by atoms with Crippen LogP contribution in [-0.2, 0) is 7.05 Å². The van der Waals surface area contributed by atoms with Gasteiger partial charge in [0.05, 0.1) is 15.6 Å². The van der Waals surface area contributed by atoms with Crippen LogP contribution in [0.1, 0.15) is 18.5 Å². The lowest BCUT2D eigenvalue weighted by molar-refractivity contribution is 0.139. The molecule has 1 aromatic heterocycles. The lowest BCUT2D eigenvalue weighted by Gasteiger charge is -2.31. The number of aryl methyl sites for hydroxylation is 2. The van der Waals surface area contributed by atoms with Gasteiger partial charge in [-0.3, -0.25) is 4.68 Å². The predicted octanol–water partition coefficient (Wildman–Crippen LogP) is 5.24. The average Bonchev–Trinajstić information content (AvgIpc) is 2.78. The highest BCUT2D eigenvalue weighted by Gasteiger charge is 2.24. The Morgan fingerprint density at radius 3 is 2.50 bits per heavy atom. The summed E-state index contributed by atoms with van der Waals surface area (Å²) in [5, 5.41) is 6.20. The summed E-state index contributed by atoms with van der Waals surface area (Å²) in [6, 6.07) is 5.32. The molecule has 0 atom stereocenters. The molecule has 8 heteroatoms. The predicted molar refractivity (Wildman–Crippen MR) is 100 cm³/mol. The van der Waals surface area contributed by atoms with Crippen molar-refractivity contribution < 1.29 is 4.74 Å². The van der Waals surface area contributed by atoms with Crippen molar-refractivity contribution in [3.8, 4) is 5.75 Å². The summed E-state index contributed by atoms with van der Waals surface area (Å²) in [7, 11) is 1.86. The summed E-state index contributed by atoms with van der Waals surface area (Å²) in [5.74, 6) is 0.693. The minimum absolute atomic E-state index is 0.158. The minimum Gasteiger partial charge on any atom is -0.489 e. The monoisotopic (exact) mass is 405 g/mol. The third kappa shape index (κ3) is 4.14. The maximum Gasteiger partial charge on any atom is 0.141 e. The van der Waals surface area contributed by atoms with Gasteiger partial charge in [-0.2, -0.15) is 5.10 Å². The van der Waals surface area contributed by atoms with Gasteiger partial charge in [-0.25, -0.2) is 4.31 Å². The summed E-state index contributed by atoms with van der Waals surface area (Å²) in [6.07, 6.45) is 2.03.